The summed E-state index contributed by atoms with van der Waals surface area (Å²) in [6, 6.07) is 15.3. The van der Waals surface area contributed by atoms with Gasteiger partial charge in [-0.3, -0.25) is 9.59 Å². The second-order valence-corrected chi connectivity index (χ2v) is 9.82. The van der Waals surface area contributed by atoms with Crippen LogP contribution >= 0.6 is 0 Å². The predicted molar refractivity (Wildman–Crippen MR) is 149 cm³/mol. The SMILES string of the molecule is CCCCCOc1cc2c3c4c1cccc4c(=O)c1cc(OCCCCC)c4cccc(c2=O)c4c1-3. The highest BCUT2D eigenvalue weighted by atomic mass is 16.5. The topological polar surface area (TPSA) is 52.6 Å². The summed E-state index contributed by atoms with van der Waals surface area (Å²) < 4.78 is 12.4. The number of ether oxygens (including phenoxy) is 2. The van der Waals surface area contributed by atoms with Gasteiger partial charge in [0.05, 0.1) is 13.2 Å². The molecule has 0 aliphatic heterocycles. The third-order valence-electron chi connectivity index (χ3n) is 7.49. The van der Waals surface area contributed by atoms with Crippen LogP contribution in [0.4, 0.5) is 0 Å². The first-order valence-corrected chi connectivity index (χ1v) is 13.2. The van der Waals surface area contributed by atoms with Gasteiger partial charge in [-0.25, -0.2) is 0 Å². The Morgan fingerprint density at radius 2 is 0.972 bits per heavy atom. The molecule has 0 amide bonds. The second kappa shape index (κ2) is 9.09. The first-order chi connectivity index (χ1) is 17.7. The van der Waals surface area contributed by atoms with E-state index in [0.717, 1.165) is 71.2 Å². The fourth-order valence-electron chi connectivity index (χ4n) is 5.74. The molecule has 0 saturated carbocycles. The van der Waals surface area contributed by atoms with Gasteiger partial charge in [-0.05, 0) is 25.0 Å². The average molecular weight is 479 g/mol. The van der Waals surface area contributed by atoms with Crippen LogP contribution in [0, 0.1) is 0 Å². The molecule has 4 nitrogen and oxygen atoms in total. The molecule has 0 radical (unpaired) electrons. The highest BCUT2D eigenvalue weighted by molar-refractivity contribution is 6.29. The molecular formula is C32H30O4. The number of hydrogen-bond donors (Lipinski definition) is 0. The van der Waals surface area contributed by atoms with Crippen molar-refractivity contribution < 1.29 is 9.47 Å². The maximum absolute atomic E-state index is 13.9. The number of unbranched alkanes of at least 4 members (excludes halogenated alkanes) is 4. The molecule has 2 aliphatic rings. The summed E-state index contributed by atoms with van der Waals surface area (Å²) in [4.78, 5) is 27.8. The van der Waals surface area contributed by atoms with Gasteiger partial charge in [0.2, 0.25) is 0 Å². The average Bonchev–Trinajstić information content (AvgIpc) is 2.90. The van der Waals surface area contributed by atoms with Crippen LogP contribution in [0.2, 0.25) is 0 Å². The normalized spacial score (nSPS) is 12.2. The Kier molecular flexibility index (Phi) is 5.75. The standard InChI is InChI=1S/C32H30O4/c1-3-5-7-15-35-25-17-23-29-27-19(25)11-9-13-21(27)32(34)24-18-26(36-16-8-6-4-2)20-12-10-14-22(31(23)33)28(20)30(24)29/h9-14,17-18H,3-8,15-16H2,1-2H3. The fourth-order valence-corrected chi connectivity index (χ4v) is 5.74. The van der Waals surface area contributed by atoms with E-state index in [1.807, 2.05) is 48.5 Å². The van der Waals surface area contributed by atoms with Crippen molar-refractivity contribution in [3.63, 3.8) is 0 Å². The van der Waals surface area contributed by atoms with Crippen molar-refractivity contribution in [1.82, 2.24) is 0 Å². The summed E-state index contributed by atoms with van der Waals surface area (Å²) >= 11 is 0. The molecule has 0 aromatic heterocycles. The minimum absolute atomic E-state index is 0.0263. The molecule has 0 heterocycles. The predicted octanol–water partition coefficient (Wildman–Crippen LogP) is 7.58. The molecule has 0 spiro atoms. The van der Waals surface area contributed by atoms with Gasteiger partial charge in [-0.1, -0.05) is 75.9 Å². The lowest BCUT2D eigenvalue weighted by Crippen LogP contribution is -2.14. The fraction of sp³-hybridized carbons (Fsp3) is 0.312. The Hall–Kier alpha value is -3.66. The van der Waals surface area contributed by atoms with Gasteiger partial charge < -0.3 is 9.47 Å². The van der Waals surface area contributed by atoms with E-state index in [4.69, 9.17) is 9.47 Å². The van der Waals surface area contributed by atoms with E-state index in [2.05, 4.69) is 13.8 Å². The lowest BCUT2D eigenvalue weighted by atomic mass is 9.81. The van der Waals surface area contributed by atoms with Gasteiger partial charge in [0.25, 0.3) is 0 Å². The first kappa shape index (κ1) is 22.8. The van der Waals surface area contributed by atoms with E-state index >= 15 is 0 Å². The molecular weight excluding hydrogens is 448 g/mol. The Morgan fingerprint density at radius 1 is 0.556 bits per heavy atom. The molecule has 6 rings (SSSR count). The van der Waals surface area contributed by atoms with Crippen molar-refractivity contribution in [1.29, 1.82) is 0 Å². The maximum Gasteiger partial charge on any atom is 0.194 e. The molecule has 0 saturated heterocycles. The van der Waals surface area contributed by atoms with Crippen LogP contribution in [0.1, 0.15) is 52.4 Å². The summed E-state index contributed by atoms with van der Waals surface area (Å²) in [6.45, 7) is 5.50. The summed E-state index contributed by atoms with van der Waals surface area (Å²) in [6.07, 6.45) is 6.31. The zero-order valence-corrected chi connectivity index (χ0v) is 20.9. The quantitative estimate of drug-likeness (QED) is 0.116. The van der Waals surface area contributed by atoms with E-state index in [1.54, 1.807) is 0 Å². The third kappa shape index (κ3) is 3.35. The summed E-state index contributed by atoms with van der Waals surface area (Å²) in [5, 5.41) is 5.93. The molecule has 0 unspecified atom stereocenters. The van der Waals surface area contributed by atoms with Crippen molar-refractivity contribution in [2.75, 3.05) is 13.2 Å². The number of rotatable bonds is 10. The summed E-state index contributed by atoms with van der Waals surface area (Å²) in [5.74, 6) is 1.36. The molecule has 2 aliphatic carbocycles. The Labute approximate surface area is 209 Å². The van der Waals surface area contributed by atoms with Gasteiger partial charge in [-0.15, -0.1) is 0 Å². The Morgan fingerprint density at radius 3 is 1.39 bits per heavy atom. The van der Waals surface area contributed by atoms with E-state index in [-0.39, 0.29) is 10.9 Å². The highest BCUT2D eigenvalue weighted by Gasteiger charge is 2.28. The number of benzene rings is 6. The zero-order valence-electron chi connectivity index (χ0n) is 20.9. The Balaban J connectivity index is 1.69. The van der Waals surface area contributed by atoms with Crippen molar-refractivity contribution in [2.24, 2.45) is 0 Å². The zero-order chi connectivity index (χ0) is 24.8. The van der Waals surface area contributed by atoms with E-state index in [9.17, 15) is 9.59 Å². The van der Waals surface area contributed by atoms with Crippen LogP contribution in [0.25, 0.3) is 54.2 Å². The van der Waals surface area contributed by atoms with Gasteiger partial charge in [-0.2, -0.15) is 0 Å². The van der Waals surface area contributed by atoms with Crippen LogP contribution in [0.5, 0.6) is 11.5 Å². The molecule has 36 heavy (non-hydrogen) atoms. The largest absolute Gasteiger partial charge is 0.493 e. The van der Waals surface area contributed by atoms with E-state index in [1.165, 1.54) is 0 Å². The van der Waals surface area contributed by atoms with Crippen LogP contribution in [0.15, 0.2) is 58.1 Å². The van der Waals surface area contributed by atoms with Crippen molar-refractivity contribution in [2.45, 2.75) is 52.4 Å². The van der Waals surface area contributed by atoms with Gasteiger partial charge in [0, 0.05) is 54.2 Å². The van der Waals surface area contributed by atoms with Gasteiger partial charge in [0.1, 0.15) is 11.5 Å². The van der Waals surface area contributed by atoms with Crippen molar-refractivity contribution in [3.8, 4) is 22.6 Å². The Bertz CT molecular complexity index is 1620. The summed E-state index contributed by atoms with van der Waals surface area (Å²) in [5.41, 5.74) is 1.67. The smallest absolute Gasteiger partial charge is 0.194 e. The van der Waals surface area contributed by atoms with Gasteiger partial charge in [0.15, 0.2) is 10.9 Å². The first-order valence-electron chi connectivity index (χ1n) is 13.2. The molecule has 0 fully saturated rings. The molecule has 4 aromatic rings. The van der Waals surface area contributed by atoms with Crippen LogP contribution in [-0.2, 0) is 0 Å². The lowest BCUT2D eigenvalue weighted by Gasteiger charge is -2.23. The van der Waals surface area contributed by atoms with E-state index in [0.29, 0.717) is 46.3 Å². The molecule has 182 valence electrons. The molecule has 0 N–H and O–H groups in total. The number of hydrogen-bond acceptors (Lipinski definition) is 4. The van der Waals surface area contributed by atoms with Crippen molar-refractivity contribution >= 4 is 43.1 Å². The monoisotopic (exact) mass is 478 g/mol. The van der Waals surface area contributed by atoms with Crippen LogP contribution in [0.3, 0.4) is 0 Å². The van der Waals surface area contributed by atoms with Crippen LogP contribution in [-0.4, -0.2) is 13.2 Å². The van der Waals surface area contributed by atoms with Crippen molar-refractivity contribution in [3.05, 3.63) is 69.0 Å². The molecule has 4 heteroatoms. The lowest BCUT2D eigenvalue weighted by molar-refractivity contribution is 0.310. The second-order valence-electron chi connectivity index (χ2n) is 9.82. The third-order valence-corrected chi connectivity index (χ3v) is 7.49. The molecule has 0 bridgehead atoms. The molecule has 4 aromatic carbocycles. The maximum atomic E-state index is 13.9. The summed E-state index contributed by atoms with van der Waals surface area (Å²) in [7, 11) is 0. The van der Waals surface area contributed by atoms with Gasteiger partial charge >= 0.3 is 0 Å². The highest BCUT2D eigenvalue weighted by Crippen LogP contribution is 2.48. The molecule has 0 atom stereocenters. The minimum Gasteiger partial charge on any atom is -0.493 e. The minimum atomic E-state index is -0.0263. The van der Waals surface area contributed by atoms with Crippen LogP contribution < -0.4 is 20.3 Å². The van der Waals surface area contributed by atoms with E-state index < -0.39 is 0 Å².